The standard InChI is InChI=1S/C21H24N2O2/c24-20(22-19-14-5-9-23(10-6-14)21(19)7-8-21)15-3-4-17-16(11-15)12-18(25-17)13-1-2-13/h3-4,11-14,19H,1-2,5-10H2,(H,22,24). The zero-order valence-corrected chi connectivity index (χ0v) is 14.5. The van der Waals surface area contributed by atoms with Gasteiger partial charge in [0.1, 0.15) is 11.3 Å². The summed E-state index contributed by atoms with van der Waals surface area (Å²) in [5, 5.41) is 4.47. The first-order valence-electron chi connectivity index (χ1n) is 9.82. The molecule has 4 heteroatoms. The van der Waals surface area contributed by atoms with Gasteiger partial charge in [-0.15, -0.1) is 0 Å². The minimum atomic E-state index is 0.0843. The van der Waals surface area contributed by atoms with E-state index in [2.05, 4.69) is 16.3 Å². The molecule has 1 aromatic carbocycles. The summed E-state index contributed by atoms with van der Waals surface area (Å²) in [6.07, 6.45) is 7.43. The molecule has 4 heterocycles. The number of nitrogens with zero attached hydrogens (tertiary/aromatic N) is 1. The van der Waals surface area contributed by atoms with Gasteiger partial charge >= 0.3 is 0 Å². The van der Waals surface area contributed by atoms with Crippen LogP contribution in [0.25, 0.3) is 11.0 Å². The van der Waals surface area contributed by atoms with Crippen molar-refractivity contribution in [3.8, 4) is 0 Å². The van der Waals surface area contributed by atoms with Gasteiger partial charge in [0.2, 0.25) is 0 Å². The third kappa shape index (κ3) is 2.13. The lowest BCUT2D eigenvalue weighted by molar-refractivity contribution is -0.00144. The monoisotopic (exact) mass is 336 g/mol. The summed E-state index contributed by atoms with van der Waals surface area (Å²) in [7, 11) is 0. The second-order valence-electron chi connectivity index (χ2n) is 8.55. The highest BCUT2D eigenvalue weighted by molar-refractivity contribution is 5.98. The summed E-state index contributed by atoms with van der Waals surface area (Å²) in [5.41, 5.74) is 1.96. The maximum atomic E-state index is 12.9. The fourth-order valence-corrected chi connectivity index (χ4v) is 5.32. The van der Waals surface area contributed by atoms with Gasteiger partial charge in [-0.3, -0.25) is 9.69 Å². The zero-order chi connectivity index (χ0) is 16.6. The number of benzene rings is 1. The maximum Gasteiger partial charge on any atom is 0.251 e. The van der Waals surface area contributed by atoms with Crippen LogP contribution in [0.2, 0.25) is 0 Å². The van der Waals surface area contributed by atoms with Crippen LogP contribution in [0.4, 0.5) is 0 Å². The molecule has 2 aromatic rings. The summed E-state index contributed by atoms with van der Waals surface area (Å²) in [5.74, 6) is 2.43. The Labute approximate surface area is 147 Å². The number of furan rings is 1. The first-order chi connectivity index (χ1) is 12.2. The largest absolute Gasteiger partial charge is 0.461 e. The van der Waals surface area contributed by atoms with Crippen LogP contribution < -0.4 is 5.32 Å². The molecule has 4 nitrogen and oxygen atoms in total. The lowest BCUT2D eigenvalue weighted by Crippen LogP contribution is -2.65. The van der Waals surface area contributed by atoms with Gasteiger partial charge in [0, 0.05) is 22.4 Å². The van der Waals surface area contributed by atoms with Crippen molar-refractivity contribution in [2.75, 3.05) is 13.1 Å². The minimum absolute atomic E-state index is 0.0843. The number of carbonyl (C=O) groups excluding carboxylic acids is 1. The van der Waals surface area contributed by atoms with E-state index in [9.17, 15) is 4.79 Å². The van der Waals surface area contributed by atoms with E-state index in [1.165, 1.54) is 51.6 Å². The molecule has 1 spiro atoms. The maximum absolute atomic E-state index is 12.9. The van der Waals surface area contributed by atoms with Crippen LogP contribution in [0.3, 0.4) is 0 Å². The SMILES string of the molecule is O=C(NC1C2CCN(CC2)C12CC2)c1ccc2oc(C3CC3)cc2c1. The van der Waals surface area contributed by atoms with E-state index < -0.39 is 0 Å². The Morgan fingerprint density at radius 2 is 1.92 bits per heavy atom. The summed E-state index contributed by atoms with van der Waals surface area (Å²) < 4.78 is 5.92. The van der Waals surface area contributed by atoms with Crippen LogP contribution >= 0.6 is 0 Å². The zero-order valence-electron chi connectivity index (χ0n) is 14.5. The van der Waals surface area contributed by atoms with Gasteiger partial charge in [0.05, 0.1) is 6.04 Å². The van der Waals surface area contributed by atoms with E-state index in [4.69, 9.17) is 4.42 Å². The molecule has 1 N–H and O–H groups in total. The number of nitrogens with one attached hydrogen (secondary N) is 1. The Hall–Kier alpha value is -1.81. The highest BCUT2D eigenvalue weighted by Gasteiger charge is 2.60. The van der Waals surface area contributed by atoms with E-state index in [0.29, 0.717) is 17.9 Å². The Bertz CT molecular complexity index is 854. The number of carbonyl (C=O) groups is 1. The van der Waals surface area contributed by atoms with Gasteiger partial charge in [-0.25, -0.2) is 0 Å². The van der Waals surface area contributed by atoms with E-state index in [1.807, 2.05) is 18.2 Å². The molecule has 5 aliphatic rings. The first kappa shape index (κ1) is 14.4. The van der Waals surface area contributed by atoms with Gasteiger partial charge in [-0.1, -0.05) is 0 Å². The van der Waals surface area contributed by atoms with E-state index in [0.717, 1.165) is 22.3 Å². The molecule has 3 saturated heterocycles. The van der Waals surface area contributed by atoms with Crippen LogP contribution in [0.15, 0.2) is 28.7 Å². The highest BCUT2D eigenvalue weighted by atomic mass is 16.3. The fourth-order valence-electron chi connectivity index (χ4n) is 5.32. The molecule has 1 aromatic heterocycles. The molecule has 1 amide bonds. The Balaban J connectivity index is 1.27. The van der Waals surface area contributed by atoms with Gasteiger partial charge in [-0.2, -0.15) is 0 Å². The average Bonchev–Trinajstić information content (AvgIpc) is 3.57. The number of amides is 1. The first-order valence-corrected chi connectivity index (χ1v) is 9.82. The second kappa shape index (κ2) is 4.88. The summed E-state index contributed by atoms with van der Waals surface area (Å²) >= 11 is 0. The molecule has 25 heavy (non-hydrogen) atoms. The summed E-state index contributed by atoms with van der Waals surface area (Å²) in [4.78, 5) is 15.6. The Morgan fingerprint density at radius 1 is 1.12 bits per heavy atom. The molecule has 5 fully saturated rings. The summed E-state index contributed by atoms with van der Waals surface area (Å²) in [6.45, 7) is 2.45. The van der Waals surface area contributed by atoms with Crippen LogP contribution in [0.5, 0.6) is 0 Å². The average molecular weight is 336 g/mol. The van der Waals surface area contributed by atoms with E-state index >= 15 is 0 Å². The molecule has 3 aliphatic heterocycles. The number of hydrogen-bond acceptors (Lipinski definition) is 3. The third-order valence-corrected chi connectivity index (χ3v) is 7.05. The number of piperidine rings is 3. The predicted molar refractivity (Wildman–Crippen MR) is 95.7 cm³/mol. The number of rotatable bonds is 3. The van der Waals surface area contributed by atoms with Gasteiger partial charge in [-0.05, 0) is 81.8 Å². The smallest absolute Gasteiger partial charge is 0.251 e. The van der Waals surface area contributed by atoms with Crippen molar-refractivity contribution in [1.29, 1.82) is 0 Å². The van der Waals surface area contributed by atoms with Crippen LogP contribution in [-0.2, 0) is 0 Å². The van der Waals surface area contributed by atoms with Crippen molar-refractivity contribution >= 4 is 16.9 Å². The van der Waals surface area contributed by atoms with Crippen molar-refractivity contribution in [3.05, 3.63) is 35.6 Å². The fraction of sp³-hybridized carbons (Fsp3) is 0.571. The lowest BCUT2D eigenvalue weighted by atomic mass is 9.77. The minimum Gasteiger partial charge on any atom is -0.461 e. The Morgan fingerprint density at radius 3 is 2.64 bits per heavy atom. The number of fused-ring (bicyclic) bond motifs is 3. The van der Waals surface area contributed by atoms with Gasteiger partial charge in [0.15, 0.2) is 0 Å². The summed E-state index contributed by atoms with van der Waals surface area (Å²) in [6, 6.07) is 8.34. The van der Waals surface area contributed by atoms with Crippen molar-refractivity contribution in [2.24, 2.45) is 5.92 Å². The molecular formula is C21H24N2O2. The molecule has 0 radical (unpaired) electrons. The predicted octanol–water partition coefficient (Wildman–Crippen LogP) is 3.67. The third-order valence-electron chi connectivity index (χ3n) is 7.05. The molecule has 7 rings (SSSR count). The lowest BCUT2D eigenvalue weighted by Gasteiger charge is -2.52. The van der Waals surface area contributed by atoms with Crippen LogP contribution in [-0.4, -0.2) is 35.5 Å². The molecule has 2 bridgehead atoms. The molecule has 2 saturated carbocycles. The Kier molecular flexibility index (Phi) is 2.80. The van der Waals surface area contributed by atoms with Crippen LogP contribution in [0, 0.1) is 5.92 Å². The van der Waals surface area contributed by atoms with E-state index in [-0.39, 0.29) is 11.4 Å². The molecule has 130 valence electrons. The van der Waals surface area contributed by atoms with Crippen LogP contribution in [0.1, 0.15) is 60.6 Å². The van der Waals surface area contributed by atoms with E-state index in [1.54, 1.807) is 0 Å². The molecule has 1 unspecified atom stereocenters. The molecule has 2 aliphatic carbocycles. The number of hydrogen-bond donors (Lipinski definition) is 1. The van der Waals surface area contributed by atoms with Gasteiger partial charge < -0.3 is 9.73 Å². The molecule has 1 atom stereocenters. The van der Waals surface area contributed by atoms with Crippen molar-refractivity contribution in [3.63, 3.8) is 0 Å². The van der Waals surface area contributed by atoms with Gasteiger partial charge in [0.25, 0.3) is 5.91 Å². The highest BCUT2D eigenvalue weighted by Crippen LogP contribution is 2.53. The van der Waals surface area contributed by atoms with Crippen molar-refractivity contribution < 1.29 is 9.21 Å². The van der Waals surface area contributed by atoms with Crippen molar-refractivity contribution in [2.45, 2.75) is 56.0 Å². The second-order valence-corrected chi connectivity index (χ2v) is 8.55. The normalized spacial score (nSPS) is 32.2. The van der Waals surface area contributed by atoms with Crippen molar-refractivity contribution in [1.82, 2.24) is 10.2 Å². The molecular weight excluding hydrogens is 312 g/mol. The topological polar surface area (TPSA) is 45.5 Å². The quantitative estimate of drug-likeness (QED) is 0.930.